The van der Waals surface area contributed by atoms with E-state index < -0.39 is 0 Å². The van der Waals surface area contributed by atoms with Gasteiger partial charge in [0.25, 0.3) is 0 Å². The van der Waals surface area contributed by atoms with Crippen LogP contribution in [0.25, 0.3) is 10.8 Å². The zero-order chi connectivity index (χ0) is 14.0. The molecule has 1 heteroatoms. The van der Waals surface area contributed by atoms with Crippen LogP contribution in [0.2, 0.25) is 0 Å². The third-order valence-electron chi connectivity index (χ3n) is 4.22. The first-order chi connectivity index (χ1) is 9.92. The Labute approximate surface area is 123 Å². The van der Waals surface area contributed by atoms with Crippen LogP contribution in [0.15, 0.2) is 30.5 Å². The maximum absolute atomic E-state index is 3.44. The predicted octanol–water partition coefficient (Wildman–Crippen LogP) is 6.24. The van der Waals surface area contributed by atoms with E-state index in [1.54, 1.807) is 0 Å². The Morgan fingerprint density at radius 1 is 0.800 bits per heavy atom. The van der Waals surface area contributed by atoms with Crippen molar-refractivity contribution in [1.82, 2.24) is 4.98 Å². The Bertz CT molecular complexity index is 483. The van der Waals surface area contributed by atoms with Gasteiger partial charge in [-0.1, -0.05) is 82.6 Å². The highest BCUT2D eigenvalue weighted by molar-refractivity contribution is 5.85. The molecule has 0 fully saturated rings. The van der Waals surface area contributed by atoms with E-state index in [0.717, 1.165) is 0 Å². The van der Waals surface area contributed by atoms with Crippen molar-refractivity contribution in [2.75, 3.05) is 0 Å². The first-order valence-electron chi connectivity index (χ1n) is 8.47. The van der Waals surface area contributed by atoms with Crippen molar-refractivity contribution in [3.8, 4) is 0 Å². The molecule has 1 N–H and O–H groups in total. The van der Waals surface area contributed by atoms with Crippen LogP contribution in [0.3, 0.4) is 0 Å². The Balaban J connectivity index is 1.57. The van der Waals surface area contributed by atoms with Crippen molar-refractivity contribution in [3.05, 3.63) is 36.2 Å². The van der Waals surface area contributed by atoms with Crippen LogP contribution in [0.5, 0.6) is 0 Å². The summed E-state index contributed by atoms with van der Waals surface area (Å²) in [6.07, 6.45) is 15.9. The fourth-order valence-corrected chi connectivity index (χ4v) is 2.96. The minimum atomic E-state index is 1.20. The summed E-state index contributed by atoms with van der Waals surface area (Å²) in [7, 11) is 0. The fraction of sp³-hybridized carbons (Fsp3) is 0.579. The summed E-state index contributed by atoms with van der Waals surface area (Å²) in [5, 5.41) is 2.76. The van der Waals surface area contributed by atoms with Crippen molar-refractivity contribution < 1.29 is 0 Å². The number of hydrogen-bond donors (Lipinski definition) is 1. The van der Waals surface area contributed by atoms with Gasteiger partial charge in [0.15, 0.2) is 0 Å². The SMILES string of the molecule is CCCCCCCCCCCc1[nH]cc2ccccc12. The number of aromatic nitrogens is 1. The lowest BCUT2D eigenvalue weighted by Crippen LogP contribution is -1.87. The molecule has 0 aliphatic rings. The molecule has 0 radical (unpaired) electrons. The number of hydrogen-bond acceptors (Lipinski definition) is 0. The summed E-state index contributed by atoms with van der Waals surface area (Å²) in [5.41, 5.74) is 1.42. The van der Waals surface area contributed by atoms with Gasteiger partial charge in [-0.3, -0.25) is 0 Å². The van der Waals surface area contributed by atoms with Crippen LogP contribution < -0.4 is 0 Å². The van der Waals surface area contributed by atoms with E-state index in [1.807, 2.05) is 0 Å². The Morgan fingerprint density at radius 3 is 2.20 bits per heavy atom. The molecular formula is C19H29N. The van der Waals surface area contributed by atoms with E-state index in [2.05, 4.69) is 42.4 Å². The van der Waals surface area contributed by atoms with Gasteiger partial charge < -0.3 is 4.98 Å². The molecule has 110 valence electrons. The molecule has 0 saturated carbocycles. The molecular weight excluding hydrogens is 242 g/mol. The van der Waals surface area contributed by atoms with E-state index in [4.69, 9.17) is 0 Å². The zero-order valence-corrected chi connectivity index (χ0v) is 13.0. The van der Waals surface area contributed by atoms with E-state index in [9.17, 15) is 0 Å². The monoisotopic (exact) mass is 271 g/mol. The number of aromatic amines is 1. The van der Waals surface area contributed by atoms with Crippen molar-refractivity contribution in [1.29, 1.82) is 0 Å². The molecule has 0 spiro atoms. The lowest BCUT2D eigenvalue weighted by Gasteiger charge is -2.02. The van der Waals surface area contributed by atoms with Gasteiger partial charge in [0.05, 0.1) is 0 Å². The number of rotatable bonds is 10. The standard InChI is InChI=1S/C19H29N/c1-2-3-4-5-6-7-8-9-10-15-19-18-14-12-11-13-17(18)16-20-19/h11-14,16,20H,2-10,15H2,1H3. The summed E-state index contributed by atoms with van der Waals surface area (Å²) >= 11 is 0. The van der Waals surface area contributed by atoms with E-state index in [-0.39, 0.29) is 0 Å². The molecule has 20 heavy (non-hydrogen) atoms. The topological polar surface area (TPSA) is 15.8 Å². The van der Waals surface area contributed by atoms with Crippen molar-refractivity contribution in [2.45, 2.75) is 71.1 Å². The second-order valence-electron chi connectivity index (χ2n) is 5.93. The minimum Gasteiger partial charge on any atom is -0.364 e. The maximum atomic E-state index is 3.44. The van der Waals surface area contributed by atoms with Crippen LogP contribution in [-0.2, 0) is 6.42 Å². The molecule has 2 aromatic rings. The van der Waals surface area contributed by atoms with Gasteiger partial charge >= 0.3 is 0 Å². The lowest BCUT2D eigenvalue weighted by molar-refractivity contribution is 0.564. The van der Waals surface area contributed by atoms with E-state index in [0.29, 0.717) is 0 Å². The van der Waals surface area contributed by atoms with Gasteiger partial charge in [-0.25, -0.2) is 0 Å². The first-order valence-corrected chi connectivity index (χ1v) is 8.47. The molecule has 0 amide bonds. The van der Waals surface area contributed by atoms with Crippen LogP contribution in [0.4, 0.5) is 0 Å². The summed E-state index contributed by atoms with van der Waals surface area (Å²) in [5.74, 6) is 0. The number of fused-ring (bicyclic) bond motifs is 1. The Kier molecular flexibility index (Phi) is 6.70. The third kappa shape index (κ3) is 4.70. The normalized spacial score (nSPS) is 11.2. The lowest BCUT2D eigenvalue weighted by atomic mass is 10.0. The number of H-pyrrole nitrogens is 1. The molecule has 1 aromatic heterocycles. The van der Waals surface area contributed by atoms with E-state index in [1.165, 1.54) is 80.7 Å². The molecule has 0 bridgehead atoms. The summed E-state index contributed by atoms with van der Waals surface area (Å²) in [4.78, 5) is 3.44. The number of aryl methyl sites for hydroxylation is 1. The fourth-order valence-electron chi connectivity index (χ4n) is 2.96. The van der Waals surface area contributed by atoms with Crippen molar-refractivity contribution >= 4 is 10.8 Å². The predicted molar refractivity (Wildman–Crippen MR) is 89.2 cm³/mol. The quantitative estimate of drug-likeness (QED) is 0.492. The zero-order valence-electron chi connectivity index (χ0n) is 13.0. The molecule has 2 rings (SSSR count). The molecule has 1 aromatic carbocycles. The van der Waals surface area contributed by atoms with Gasteiger partial charge in [-0.05, 0) is 18.2 Å². The highest BCUT2D eigenvalue weighted by atomic mass is 14.7. The Hall–Kier alpha value is -1.24. The largest absolute Gasteiger partial charge is 0.364 e. The molecule has 0 atom stereocenters. The van der Waals surface area contributed by atoms with Gasteiger partial charge in [0, 0.05) is 17.3 Å². The van der Waals surface area contributed by atoms with E-state index >= 15 is 0 Å². The molecule has 1 heterocycles. The van der Waals surface area contributed by atoms with Gasteiger partial charge in [0.1, 0.15) is 0 Å². The number of unbranched alkanes of at least 4 members (excludes halogenated alkanes) is 8. The maximum Gasteiger partial charge on any atom is 0.0226 e. The summed E-state index contributed by atoms with van der Waals surface area (Å²) < 4.78 is 0. The average molecular weight is 271 g/mol. The molecule has 1 nitrogen and oxygen atoms in total. The number of benzene rings is 1. The Morgan fingerprint density at radius 2 is 1.45 bits per heavy atom. The van der Waals surface area contributed by atoms with Crippen LogP contribution in [0, 0.1) is 0 Å². The van der Waals surface area contributed by atoms with Crippen molar-refractivity contribution in [3.63, 3.8) is 0 Å². The molecule has 0 saturated heterocycles. The number of nitrogens with one attached hydrogen (secondary N) is 1. The second-order valence-corrected chi connectivity index (χ2v) is 5.93. The van der Waals surface area contributed by atoms with Crippen molar-refractivity contribution in [2.24, 2.45) is 0 Å². The summed E-state index contributed by atoms with van der Waals surface area (Å²) in [6, 6.07) is 8.66. The summed E-state index contributed by atoms with van der Waals surface area (Å²) in [6.45, 7) is 2.28. The highest BCUT2D eigenvalue weighted by Crippen LogP contribution is 2.20. The van der Waals surface area contributed by atoms with Crippen LogP contribution in [0.1, 0.15) is 70.4 Å². The average Bonchev–Trinajstić information content (AvgIpc) is 2.89. The molecule has 0 aliphatic heterocycles. The van der Waals surface area contributed by atoms with Crippen LogP contribution >= 0.6 is 0 Å². The first kappa shape index (κ1) is 15.2. The van der Waals surface area contributed by atoms with Gasteiger partial charge in [-0.15, -0.1) is 0 Å². The van der Waals surface area contributed by atoms with Gasteiger partial charge in [-0.2, -0.15) is 0 Å². The molecule has 0 aliphatic carbocycles. The third-order valence-corrected chi connectivity index (χ3v) is 4.22. The smallest absolute Gasteiger partial charge is 0.0226 e. The minimum absolute atomic E-state index is 1.20. The highest BCUT2D eigenvalue weighted by Gasteiger charge is 2.02. The second kappa shape index (κ2) is 8.84. The molecule has 0 unspecified atom stereocenters. The van der Waals surface area contributed by atoms with Gasteiger partial charge in [0.2, 0.25) is 0 Å². The van der Waals surface area contributed by atoms with Crippen LogP contribution in [-0.4, -0.2) is 4.98 Å².